The fraction of sp³-hybridized carbons (Fsp3) is 0.667. The Balaban J connectivity index is 3.55. The predicted molar refractivity (Wildman–Crippen MR) is 49.3 cm³/mol. The quantitative estimate of drug-likeness (QED) is 0.464. The van der Waals surface area contributed by atoms with Crippen LogP contribution in [-0.2, 0) is 4.79 Å². The van der Waals surface area contributed by atoms with E-state index in [-0.39, 0.29) is 11.8 Å². The number of hydrogen-bond acceptors (Lipinski definition) is 2. The molecule has 0 aliphatic heterocycles. The van der Waals surface area contributed by atoms with E-state index in [1.165, 1.54) is 0 Å². The van der Waals surface area contributed by atoms with Crippen molar-refractivity contribution in [3.63, 3.8) is 0 Å². The summed E-state index contributed by atoms with van der Waals surface area (Å²) in [5.41, 5.74) is 5.25. The second-order valence-corrected chi connectivity index (χ2v) is 2.82. The zero-order chi connectivity index (χ0) is 9.40. The molecule has 0 spiro atoms. The highest BCUT2D eigenvalue weighted by molar-refractivity contribution is 5.93. The van der Waals surface area contributed by atoms with Gasteiger partial charge in [0.25, 0.3) is 5.91 Å². The van der Waals surface area contributed by atoms with E-state index >= 15 is 0 Å². The average Bonchev–Trinajstić information content (AvgIpc) is 2.01. The maximum atomic E-state index is 10.9. The molecule has 0 fully saturated rings. The average molecular weight is 168 g/mol. The van der Waals surface area contributed by atoms with Crippen LogP contribution in [0.2, 0.25) is 0 Å². The second kappa shape index (κ2) is 6.68. The molecule has 1 amide bonds. The maximum Gasteiger partial charge on any atom is 0.295 e. The highest BCUT2D eigenvalue weighted by atomic mass is 16.1. The fourth-order valence-corrected chi connectivity index (χ4v) is 0.558. The molecule has 0 aromatic rings. The van der Waals surface area contributed by atoms with E-state index in [0.717, 1.165) is 6.42 Å². The Morgan fingerprint density at radius 2 is 2.25 bits per heavy atom. The summed E-state index contributed by atoms with van der Waals surface area (Å²) < 4.78 is 0. The first-order chi connectivity index (χ1) is 5.66. The summed E-state index contributed by atoms with van der Waals surface area (Å²) in [6.07, 6.45) is 0.801. The van der Waals surface area contributed by atoms with Crippen molar-refractivity contribution in [1.29, 1.82) is 0 Å². The van der Waals surface area contributed by atoms with E-state index < -0.39 is 0 Å². The van der Waals surface area contributed by atoms with Gasteiger partial charge in [0, 0.05) is 12.5 Å². The molecule has 0 saturated heterocycles. The number of carbonyl (C=O) groups excluding carboxylic acids is 1. The van der Waals surface area contributed by atoms with Gasteiger partial charge in [-0.15, -0.1) is 0 Å². The molecular weight excluding hydrogens is 152 g/mol. The van der Waals surface area contributed by atoms with Crippen molar-refractivity contribution in [2.45, 2.75) is 20.3 Å². The minimum Gasteiger partial charge on any atom is -0.345 e. The molecule has 68 valence electrons. The summed E-state index contributed by atoms with van der Waals surface area (Å²) in [6.45, 7) is 5.10. The van der Waals surface area contributed by atoms with Crippen molar-refractivity contribution in [2.24, 2.45) is 11.7 Å². The number of rotatable bonds is 3. The van der Waals surface area contributed by atoms with Gasteiger partial charge in [0.1, 0.15) is 0 Å². The zero-order valence-electron chi connectivity index (χ0n) is 7.68. The van der Waals surface area contributed by atoms with E-state index in [4.69, 9.17) is 5.73 Å². The van der Waals surface area contributed by atoms with Crippen LogP contribution in [0, 0.1) is 17.8 Å². The number of amides is 1. The Morgan fingerprint density at radius 1 is 1.58 bits per heavy atom. The molecule has 3 nitrogen and oxygen atoms in total. The van der Waals surface area contributed by atoms with Crippen molar-refractivity contribution in [2.75, 3.05) is 13.1 Å². The van der Waals surface area contributed by atoms with Crippen LogP contribution in [0.25, 0.3) is 0 Å². The van der Waals surface area contributed by atoms with Crippen LogP contribution >= 0.6 is 0 Å². The van der Waals surface area contributed by atoms with Gasteiger partial charge in [-0.1, -0.05) is 19.8 Å². The van der Waals surface area contributed by atoms with Gasteiger partial charge in [0.15, 0.2) is 0 Å². The van der Waals surface area contributed by atoms with Crippen LogP contribution < -0.4 is 11.1 Å². The van der Waals surface area contributed by atoms with E-state index in [9.17, 15) is 4.79 Å². The first-order valence-corrected chi connectivity index (χ1v) is 4.16. The molecule has 0 atom stereocenters. The highest BCUT2D eigenvalue weighted by Gasteiger charge is 1.92. The zero-order valence-corrected chi connectivity index (χ0v) is 7.68. The van der Waals surface area contributed by atoms with Gasteiger partial charge in [-0.05, 0) is 18.9 Å². The second-order valence-electron chi connectivity index (χ2n) is 2.82. The van der Waals surface area contributed by atoms with Crippen molar-refractivity contribution in [3.8, 4) is 11.8 Å². The van der Waals surface area contributed by atoms with E-state index in [2.05, 4.69) is 17.2 Å². The van der Waals surface area contributed by atoms with Gasteiger partial charge in [-0.3, -0.25) is 4.79 Å². The SMILES string of the molecule is CC(C)C#CC(=O)NCCCN. The molecule has 0 radical (unpaired) electrons. The van der Waals surface area contributed by atoms with Crippen LogP contribution in [0.5, 0.6) is 0 Å². The summed E-state index contributed by atoms with van der Waals surface area (Å²) in [4.78, 5) is 10.9. The monoisotopic (exact) mass is 168 g/mol. The number of nitrogens with one attached hydrogen (secondary N) is 1. The first-order valence-electron chi connectivity index (χ1n) is 4.16. The van der Waals surface area contributed by atoms with Crippen molar-refractivity contribution in [3.05, 3.63) is 0 Å². The topological polar surface area (TPSA) is 55.1 Å². The van der Waals surface area contributed by atoms with Crippen molar-refractivity contribution < 1.29 is 4.79 Å². The lowest BCUT2D eigenvalue weighted by Crippen LogP contribution is -2.24. The van der Waals surface area contributed by atoms with Gasteiger partial charge >= 0.3 is 0 Å². The lowest BCUT2D eigenvalue weighted by atomic mass is 10.2. The standard InChI is InChI=1S/C9H16N2O/c1-8(2)4-5-9(12)11-7-3-6-10/h8H,3,6-7,10H2,1-2H3,(H,11,12). The summed E-state index contributed by atoms with van der Waals surface area (Å²) in [7, 11) is 0. The largest absolute Gasteiger partial charge is 0.345 e. The lowest BCUT2D eigenvalue weighted by molar-refractivity contribution is -0.115. The van der Waals surface area contributed by atoms with E-state index in [0.29, 0.717) is 13.1 Å². The Bertz CT molecular complexity index is 188. The Morgan fingerprint density at radius 3 is 2.75 bits per heavy atom. The summed E-state index contributed by atoms with van der Waals surface area (Å²) in [5, 5.41) is 2.65. The van der Waals surface area contributed by atoms with E-state index in [1.807, 2.05) is 13.8 Å². The molecule has 0 aliphatic carbocycles. The minimum absolute atomic E-state index is 0.211. The van der Waals surface area contributed by atoms with Crippen molar-refractivity contribution >= 4 is 5.91 Å². The third-order valence-electron chi connectivity index (χ3n) is 1.14. The van der Waals surface area contributed by atoms with E-state index in [1.54, 1.807) is 0 Å². The van der Waals surface area contributed by atoms with Gasteiger partial charge < -0.3 is 11.1 Å². The molecule has 12 heavy (non-hydrogen) atoms. The lowest BCUT2D eigenvalue weighted by Gasteiger charge is -1.97. The van der Waals surface area contributed by atoms with Gasteiger partial charge in [0.2, 0.25) is 0 Å². The molecule has 3 N–H and O–H groups in total. The summed E-state index contributed by atoms with van der Waals surface area (Å²) in [5.74, 6) is 5.31. The highest BCUT2D eigenvalue weighted by Crippen LogP contribution is 1.84. The molecular formula is C9H16N2O. The molecule has 0 aromatic heterocycles. The Labute approximate surface area is 73.7 Å². The predicted octanol–water partition coefficient (Wildman–Crippen LogP) is 0.111. The molecule has 0 heterocycles. The van der Waals surface area contributed by atoms with Crippen LogP contribution in [-0.4, -0.2) is 19.0 Å². The Hall–Kier alpha value is -1.01. The Kier molecular flexibility index (Phi) is 6.12. The van der Waals surface area contributed by atoms with Gasteiger partial charge in [-0.25, -0.2) is 0 Å². The van der Waals surface area contributed by atoms with Gasteiger partial charge in [-0.2, -0.15) is 0 Å². The normalized spacial score (nSPS) is 9.00. The molecule has 0 saturated carbocycles. The molecule has 0 aromatic carbocycles. The third-order valence-corrected chi connectivity index (χ3v) is 1.14. The summed E-state index contributed by atoms with van der Waals surface area (Å²) >= 11 is 0. The fourth-order valence-electron chi connectivity index (χ4n) is 0.558. The van der Waals surface area contributed by atoms with Crippen LogP contribution in [0.3, 0.4) is 0 Å². The molecule has 0 bridgehead atoms. The molecule has 0 unspecified atom stereocenters. The number of carbonyl (C=O) groups is 1. The van der Waals surface area contributed by atoms with Crippen molar-refractivity contribution in [1.82, 2.24) is 5.32 Å². The van der Waals surface area contributed by atoms with Crippen LogP contribution in [0.1, 0.15) is 20.3 Å². The molecule has 3 heteroatoms. The van der Waals surface area contributed by atoms with Crippen LogP contribution in [0.15, 0.2) is 0 Å². The molecule has 0 aliphatic rings. The molecule has 0 rings (SSSR count). The third kappa shape index (κ3) is 7.10. The number of hydrogen-bond donors (Lipinski definition) is 2. The van der Waals surface area contributed by atoms with Gasteiger partial charge in [0.05, 0.1) is 0 Å². The minimum atomic E-state index is -0.211. The first kappa shape index (κ1) is 11.0. The smallest absolute Gasteiger partial charge is 0.295 e. The van der Waals surface area contributed by atoms with Crippen LogP contribution in [0.4, 0.5) is 0 Å². The summed E-state index contributed by atoms with van der Waals surface area (Å²) in [6, 6.07) is 0. The maximum absolute atomic E-state index is 10.9. The number of nitrogens with two attached hydrogens (primary N) is 1.